The average Bonchev–Trinajstić information content (AvgIpc) is 2.05. The molecule has 60 valence electrons. The number of benzene rings is 1. The zero-order chi connectivity index (χ0) is 8.97. The molecule has 4 heteroatoms. The number of hydrogen-bond acceptors (Lipinski definition) is 2. The molecule has 12 heavy (non-hydrogen) atoms. The first-order chi connectivity index (χ1) is 5.75. The van der Waals surface area contributed by atoms with Gasteiger partial charge in [-0.15, -0.1) is 0 Å². The van der Waals surface area contributed by atoms with Gasteiger partial charge in [0.2, 0.25) is 0 Å². The van der Waals surface area contributed by atoms with Gasteiger partial charge in [-0.1, -0.05) is 12.1 Å². The Labute approximate surface area is 74.0 Å². The first-order valence-electron chi connectivity index (χ1n) is 3.13. The molecule has 0 radical (unpaired) electrons. The molecule has 1 aromatic carbocycles. The predicted octanol–water partition coefficient (Wildman–Crippen LogP) is 2.24. The summed E-state index contributed by atoms with van der Waals surface area (Å²) in [5.41, 5.74) is 0.547. The van der Waals surface area contributed by atoms with E-state index >= 15 is 0 Å². The number of rotatable bonds is 1. The van der Waals surface area contributed by atoms with Gasteiger partial charge in [0.05, 0.1) is 5.56 Å². The third-order valence-electron chi connectivity index (χ3n) is 1.30. The molecule has 1 rings (SSSR count). The topological polar surface area (TPSA) is 44.5 Å². The van der Waals surface area contributed by atoms with Crippen LogP contribution in [0.5, 0.6) is 0 Å². The van der Waals surface area contributed by atoms with Crippen LogP contribution in [0.3, 0.4) is 0 Å². The minimum atomic E-state index is -0.623. The molecule has 0 spiro atoms. The van der Waals surface area contributed by atoms with Crippen molar-refractivity contribution in [3.05, 3.63) is 45.6 Å². The molecule has 0 amide bonds. The Bertz CT molecular complexity index is 365. The van der Waals surface area contributed by atoms with Crippen LogP contribution in [0, 0.1) is 11.3 Å². The molecule has 3 nitrogen and oxygen atoms in total. The zero-order valence-corrected chi connectivity index (χ0v) is 6.71. The Morgan fingerprint density at radius 3 is 2.75 bits per heavy atom. The van der Waals surface area contributed by atoms with E-state index in [0.717, 1.165) is 0 Å². The summed E-state index contributed by atoms with van der Waals surface area (Å²) in [5, 5.41) is 11.6. The molecule has 0 atom stereocenters. The second kappa shape index (κ2) is 3.74. The van der Waals surface area contributed by atoms with Crippen molar-refractivity contribution in [2.45, 2.75) is 0 Å². The summed E-state index contributed by atoms with van der Waals surface area (Å²) in [6.07, 6.45) is 0. The molecule has 0 unspecified atom stereocenters. The molecule has 1 aromatic rings. The SMILES string of the molecule is O=C(Cl)c1ccccc1C#[N+][O-]. The van der Waals surface area contributed by atoms with Gasteiger partial charge in [0.25, 0.3) is 5.24 Å². The summed E-state index contributed by atoms with van der Waals surface area (Å²) in [4.78, 5) is 10.7. The van der Waals surface area contributed by atoms with Crippen molar-refractivity contribution in [2.75, 3.05) is 0 Å². The molecule has 0 heterocycles. The summed E-state index contributed by atoms with van der Waals surface area (Å²) < 4.78 is 0. The fourth-order valence-electron chi connectivity index (χ4n) is 0.801. The van der Waals surface area contributed by atoms with Gasteiger partial charge < -0.3 is 5.21 Å². The van der Waals surface area contributed by atoms with Gasteiger partial charge in [0.15, 0.2) is 0 Å². The van der Waals surface area contributed by atoms with Gasteiger partial charge in [-0.05, 0) is 23.7 Å². The van der Waals surface area contributed by atoms with Crippen LogP contribution in [0.4, 0.5) is 0 Å². The maximum absolute atomic E-state index is 10.7. The highest BCUT2D eigenvalue weighted by Gasteiger charge is 2.09. The zero-order valence-electron chi connectivity index (χ0n) is 5.95. The van der Waals surface area contributed by atoms with Gasteiger partial charge in [-0.25, -0.2) is 0 Å². The van der Waals surface area contributed by atoms with E-state index in [0.29, 0.717) is 5.56 Å². The summed E-state index contributed by atoms with van der Waals surface area (Å²) >= 11 is 5.22. The molecule has 0 N–H and O–H groups in total. The van der Waals surface area contributed by atoms with E-state index in [9.17, 15) is 10.0 Å². The molecule has 0 saturated heterocycles. The maximum atomic E-state index is 10.7. The largest absolute Gasteiger partial charge is 0.498 e. The second-order valence-corrected chi connectivity index (χ2v) is 2.37. The van der Waals surface area contributed by atoms with Gasteiger partial charge in [-0.3, -0.25) is 4.79 Å². The highest BCUT2D eigenvalue weighted by Crippen LogP contribution is 2.09. The van der Waals surface area contributed by atoms with Crippen molar-refractivity contribution in [3.63, 3.8) is 0 Å². The lowest BCUT2D eigenvalue weighted by Crippen LogP contribution is -1.92. The van der Waals surface area contributed by atoms with Crippen LogP contribution in [-0.2, 0) is 0 Å². The lowest BCUT2D eigenvalue weighted by molar-refractivity contribution is 0.108. The Kier molecular flexibility index (Phi) is 2.67. The maximum Gasteiger partial charge on any atom is 0.337 e. The third-order valence-corrected chi connectivity index (χ3v) is 1.51. The first-order valence-corrected chi connectivity index (χ1v) is 3.50. The summed E-state index contributed by atoms with van der Waals surface area (Å²) in [6, 6.07) is 8.47. The van der Waals surface area contributed by atoms with E-state index in [2.05, 4.69) is 11.1 Å². The van der Waals surface area contributed by atoms with Crippen LogP contribution in [0.2, 0.25) is 0 Å². The number of halogens is 1. The molecule has 0 aromatic heterocycles. The smallest absolute Gasteiger partial charge is 0.337 e. The average molecular weight is 182 g/mol. The normalized spacial score (nSPS) is 8.42. The number of hydrogen-bond donors (Lipinski definition) is 0. The van der Waals surface area contributed by atoms with Gasteiger partial charge >= 0.3 is 6.07 Å². The Morgan fingerprint density at radius 1 is 1.50 bits per heavy atom. The van der Waals surface area contributed by atoms with Crippen LogP contribution < -0.4 is 0 Å². The highest BCUT2D eigenvalue weighted by molar-refractivity contribution is 6.68. The highest BCUT2D eigenvalue weighted by atomic mass is 35.5. The predicted molar refractivity (Wildman–Crippen MR) is 46.3 cm³/mol. The molecular weight excluding hydrogens is 178 g/mol. The van der Waals surface area contributed by atoms with E-state index in [4.69, 9.17) is 11.6 Å². The van der Waals surface area contributed by atoms with E-state index < -0.39 is 5.24 Å². The van der Waals surface area contributed by atoms with Crippen molar-refractivity contribution in [3.8, 4) is 6.07 Å². The summed E-state index contributed by atoms with van der Waals surface area (Å²) in [7, 11) is 0. The third kappa shape index (κ3) is 1.74. The monoisotopic (exact) mass is 181 g/mol. The number of nitrogens with zero attached hydrogens (tertiary/aromatic N) is 1. The molecular formula is C8H4ClNO2. The van der Waals surface area contributed by atoms with Gasteiger partial charge in [-0.2, -0.15) is 0 Å². The number of carbonyl (C=O) groups excluding carboxylic acids is 1. The number of carbonyl (C=O) groups is 1. The Morgan fingerprint density at radius 2 is 2.17 bits per heavy atom. The molecule has 0 aliphatic carbocycles. The van der Waals surface area contributed by atoms with Crippen LogP contribution in [0.15, 0.2) is 24.3 Å². The molecule has 0 bridgehead atoms. The van der Waals surface area contributed by atoms with Crippen molar-refractivity contribution < 1.29 is 4.79 Å². The molecule has 0 aliphatic rings. The van der Waals surface area contributed by atoms with Crippen LogP contribution in [0.25, 0.3) is 5.01 Å². The summed E-state index contributed by atoms with van der Waals surface area (Å²) in [6.45, 7) is 0. The quantitative estimate of drug-likeness (QED) is 0.493. The van der Waals surface area contributed by atoms with E-state index in [1.165, 1.54) is 12.1 Å². The van der Waals surface area contributed by atoms with Crippen LogP contribution >= 0.6 is 11.6 Å². The van der Waals surface area contributed by atoms with E-state index in [1.54, 1.807) is 12.1 Å². The van der Waals surface area contributed by atoms with Gasteiger partial charge in [0, 0.05) is 5.01 Å². The minimum absolute atomic E-state index is 0.235. The van der Waals surface area contributed by atoms with Gasteiger partial charge in [0.1, 0.15) is 5.56 Å². The standard InChI is InChI=1S/C8H4ClNO2/c9-8(11)7-4-2-1-3-6(7)5-10-12/h1-4H. The molecule has 0 fully saturated rings. The summed E-state index contributed by atoms with van der Waals surface area (Å²) in [5.74, 6) is 0. The Hall–Kier alpha value is -1.53. The van der Waals surface area contributed by atoms with E-state index in [1.807, 2.05) is 0 Å². The lowest BCUT2D eigenvalue weighted by Gasteiger charge is -1.91. The Balaban J connectivity index is 3.23. The molecule has 0 saturated carbocycles. The fraction of sp³-hybridized carbons (Fsp3) is 0. The van der Waals surface area contributed by atoms with E-state index in [-0.39, 0.29) is 5.56 Å². The second-order valence-electron chi connectivity index (χ2n) is 2.02. The first kappa shape index (κ1) is 8.57. The lowest BCUT2D eigenvalue weighted by atomic mass is 10.1. The van der Waals surface area contributed by atoms with Crippen molar-refractivity contribution in [1.82, 2.24) is 0 Å². The van der Waals surface area contributed by atoms with Crippen molar-refractivity contribution in [1.29, 1.82) is 0 Å². The van der Waals surface area contributed by atoms with Crippen LogP contribution in [0.1, 0.15) is 15.9 Å². The minimum Gasteiger partial charge on any atom is -0.498 e. The van der Waals surface area contributed by atoms with Crippen molar-refractivity contribution in [2.24, 2.45) is 0 Å². The molecule has 0 aliphatic heterocycles. The van der Waals surface area contributed by atoms with Crippen LogP contribution in [-0.4, -0.2) is 5.24 Å². The van der Waals surface area contributed by atoms with Crippen molar-refractivity contribution >= 4 is 16.8 Å². The fourth-order valence-corrected chi connectivity index (χ4v) is 0.966.